The summed E-state index contributed by atoms with van der Waals surface area (Å²) in [5.41, 5.74) is 3.44. The number of aliphatic imine (C=N–C) groups is 1. The predicted molar refractivity (Wildman–Crippen MR) is 218 cm³/mol. The van der Waals surface area contributed by atoms with Gasteiger partial charge in [-0.05, 0) is 61.7 Å². The Morgan fingerprint density at radius 3 is 2.36 bits per heavy atom. The van der Waals surface area contributed by atoms with Gasteiger partial charge in [-0.15, -0.1) is 5.06 Å². The number of quaternary nitrogens is 1. The summed E-state index contributed by atoms with van der Waals surface area (Å²) in [5, 5.41) is 0.0222. The van der Waals surface area contributed by atoms with E-state index in [9.17, 15) is 54.0 Å². The normalized spacial score (nSPS) is 17.1. The largest absolute Gasteiger partial charge is 0.678 e. The molecule has 2 aliphatic rings. The molecule has 0 spiro atoms. The Labute approximate surface area is 352 Å². The summed E-state index contributed by atoms with van der Waals surface area (Å²) >= 11 is 0. The van der Waals surface area contributed by atoms with E-state index in [1.807, 2.05) is 21.1 Å². The van der Waals surface area contributed by atoms with E-state index >= 15 is 0 Å². The summed E-state index contributed by atoms with van der Waals surface area (Å²) in [6.07, 6.45) is 3.30. The van der Waals surface area contributed by atoms with E-state index in [0.29, 0.717) is 50.4 Å². The first kappa shape index (κ1) is 48.5. The second-order valence-electron chi connectivity index (χ2n) is 15.5. The topological polar surface area (TPSA) is 248 Å². The number of imide groups is 1. The third-order valence-corrected chi connectivity index (χ3v) is 11.2. The summed E-state index contributed by atoms with van der Waals surface area (Å²) in [7, 11) is -5.15. The second-order valence-corrected chi connectivity index (χ2v) is 18.6. The molecule has 1 aromatic heterocycles. The molecule has 2 aromatic rings. The maximum atomic E-state index is 14.8. The van der Waals surface area contributed by atoms with E-state index in [-0.39, 0.29) is 24.4 Å². The van der Waals surface area contributed by atoms with Crippen LogP contribution in [0.25, 0.3) is 17.3 Å². The van der Waals surface area contributed by atoms with Crippen molar-refractivity contribution >= 4 is 69.1 Å². The highest BCUT2D eigenvalue weighted by atomic mass is 32.2. The van der Waals surface area contributed by atoms with Gasteiger partial charge < -0.3 is 23.9 Å². The van der Waals surface area contributed by atoms with Crippen LogP contribution in [-0.4, -0.2) is 159 Å². The van der Waals surface area contributed by atoms with Crippen LogP contribution in [0.5, 0.6) is 0 Å². The molecule has 2 atom stereocenters. The van der Waals surface area contributed by atoms with E-state index in [1.165, 1.54) is 11.9 Å². The Bertz CT molecular complexity index is 2330. The van der Waals surface area contributed by atoms with Crippen molar-refractivity contribution in [1.82, 2.24) is 19.8 Å². The van der Waals surface area contributed by atoms with Crippen LogP contribution in [0.1, 0.15) is 43.9 Å². The van der Waals surface area contributed by atoms with Gasteiger partial charge in [-0.3, -0.25) is 42.0 Å². The molecule has 1 fully saturated rings. The highest BCUT2D eigenvalue weighted by molar-refractivity contribution is 7.87. The lowest BCUT2D eigenvalue weighted by Gasteiger charge is -2.23. The summed E-state index contributed by atoms with van der Waals surface area (Å²) in [6.45, 7) is 1.24. The maximum absolute atomic E-state index is 14.8. The summed E-state index contributed by atoms with van der Waals surface area (Å²) < 4.78 is 101. The standard InChI is InChI=1S/C37H47BF2N6O13S2/c1-24-18-27(41-28(24)20-31-26(12-9-16-46(3,4)5)19-30(44(31)38(39)40)25-10-7-6-8-11-25)13-14-33(47)42-29(23-60(52,53)54)37(51)58-17-15-43(2)22-35(49)59-45-34(48)21-32(36(45)50)61(55,56)57/h6-8,10-11,18-20,29,32H,9,12-17,21-23H2,1-5H3,(H2-,42,47,52,53,54,55,56,57)/p+1/b28-20-. The van der Waals surface area contributed by atoms with Crippen molar-refractivity contribution in [2.45, 2.75) is 50.3 Å². The number of carbonyl (C=O) groups is 5. The zero-order valence-corrected chi connectivity index (χ0v) is 35.7. The number of aromatic nitrogens is 1. The highest BCUT2D eigenvalue weighted by Crippen LogP contribution is 2.32. The molecule has 3 amide bonds. The van der Waals surface area contributed by atoms with Gasteiger partial charge in [0.2, 0.25) is 5.91 Å². The van der Waals surface area contributed by atoms with Gasteiger partial charge in [-0.25, -0.2) is 9.59 Å². The van der Waals surface area contributed by atoms with Gasteiger partial charge in [0.25, 0.3) is 32.1 Å². The molecule has 0 saturated carbocycles. The first-order chi connectivity index (χ1) is 28.3. The summed E-state index contributed by atoms with van der Waals surface area (Å²) in [4.78, 5) is 72.5. The third-order valence-electron chi connectivity index (χ3n) is 9.36. The average Bonchev–Trinajstić information content (AvgIpc) is 3.78. The van der Waals surface area contributed by atoms with E-state index in [2.05, 4.69) is 15.1 Å². The zero-order valence-electron chi connectivity index (χ0n) is 34.1. The second kappa shape index (κ2) is 20.2. The Morgan fingerprint density at radius 1 is 1.10 bits per heavy atom. The van der Waals surface area contributed by atoms with E-state index in [1.54, 1.807) is 55.5 Å². The molecule has 3 heterocycles. The third kappa shape index (κ3) is 14.2. The molecule has 61 heavy (non-hydrogen) atoms. The molecule has 1 aromatic carbocycles. The number of allylic oxidation sites excluding steroid dienone is 2. The fraction of sp³-hybridized carbons (Fsp3) is 0.459. The number of rotatable bonds is 21. The quantitative estimate of drug-likeness (QED) is 0.0528. The molecule has 24 heteroatoms. The van der Waals surface area contributed by atoms with Crippen LogP contribution >= 0.6 is 0 Å². The van der Waals surface area contributed by atoms with Crippen LogP contribution in [0.4, 0.5) is 8.63 Å². The first-order valence-corrected chi connectivity index (χ1v) is 21.9. The molecule has 0 bridgehead atoms. The Balaban J connectivity index is 1.38. The van der Waals surface area contributed by atoms with Crippen LogP contribution in [0.15, 0.2) is 58.7 Å². The average molecular weight is 898 g/mol. The monoisotopic (exact) mass is 897 g/mol. The Kier molecular flexibility index (Phi) is 16.0. The SMILES string of the molecule is CC1=CC(CCC(=O)NC(CS(=O)(=O)O)C(=O)OCCN(C)CC(=O)ON2C(=O)CC(S(=O)(=O)O)C2=O)=N/C1=C\c1c(CCC[N+](C)(C)C)cc(-c2ccccc2)n1B(F)F. The number of hydrogen-bond donors (Lipinski definition) is 3. The van der Waals surface area contributed by atoms with Crippen molar-refractivity contribution < 1.29 is 72.6 Å². The van der Waals surface area contributed by atoms with Crippen molar-refractivity contribution in [3.63, 3.8) is 0 Å². The lowest BCUT2D eigenvalue weighted by molar-refractivity contribution is -0.870. The van der Waals surface area contributed by atoms with Crippen LogP contribution in [0.3, 0.4) is 0 Å². The smallest absolute Gasteiger partial charge is 0.463 e. The molecule has 1 saturated heterocycles. The maximum Gasteiger partial charge on any atom is 0.678 e. The van der Waals surface area contributed by atoms with E-state index < -0.39 is 93.9 Å². The number of benzene rings is 1. The molecule has 0 radical (unpaired) electrons. The van der Waals surface area contributed by atoms with Crippen LogP contribution < -0.4 is 5.32 Å². The molecular weight excluding hydrogens is 849 g/mol. The fourth-order valence-corrected chi connectivity index (χ4v) is 7.72. The van der Waals surface area contributed by atoms with Crippen molar-refractivity contribution in [2.75, 3.05) is 60.2 Å². The molecule has 3 N–H and O–H groups in total. The minimum atomic E-state index is -4.93. The van der Waals surface area contributed by atoms with Crippen molar-refractivity contribution in [1.29, 1.82) is 0 Å². The molecule has 4 rings (SSSR count). The van der Waals surface area contributed by atoms with Gasteiger partial charge in [0, 0.05) is 36.5 Å². The number of nitrogens with one attached hydrogen (secondary N) is 1. The number of amides is 3. The van der Waals surface area contributed by atoms with Crippen LogP contribution in [0, 0.1) is 0 Å². The summed E-state index contributed by atoms with van der Waals surface area (Å²) in [6, 6.07) is 8.77. The molecule has 0 aliphatic carbocycles. The minimum Gasteiger partial charge on any atom is -0.463 e. The number of nitrogens with zero attached hydrogens (tertiary/aromatic N) is 5. The van der Waals surface area contributed by atoms with Crippen molar-refractivity contribution in [2.24, 2.45) is 4.99 Å². The number of hydrogen-bond acceptors (Lipinski definition) is 13. The number of halogens is 2. The van der Waals surface area contributed by atoms with Gasteiger partial charge in [-0.2, -0.15) is 16.8 Å². The zero-order chi connectivity index (χ0) is 45.4. The first-order valence-electron chi connectivity index (χ1n) is 18.8. The van der Waals surface area contributed by atoms with E-state index in [4.69, 9.17) is 9.29 Å². The molecule has 19 nitrogen and oxygen atoms in total. The molecular formula is C37H48BF2N6O13S2+. The van der Waals surface area contributed by atoms with Crippen molar-refractivity contribution in [3.8, 4) is 11.3 Å². The number of carbonyl (C=O) groups excluding carboxylic acids is 5. The molecule has 2 unspecified atom stereocenters. The van der Waals surface area contributed by atoms with Gasteiger partial charge >= 0.3 is 19.3 Å². The van der Waals surface area contributed by atoms with Crippen molar-refractivity contribution in [3.05, 3.63) is 65.0 Å². The van der Waals surface area contributed by atoms with E-state index in [0.717, 1.165) is 17.4 Å². The number of esters is 1. The molecule has 2 aliphatic heterocycles. The van der Waals surface area contributed by atoms with Gasteiger partial charge in [0.05, 0.1) is 46.4 Å². The lowest BCUT2D eigenvalue weighted by atomic mass is 10.1. The Hall–Kier alpha value is -5.14. The molecule has 332 valence electrons. The predicted octanol–water partition coefficient (Wildman–Crippen LogP) is 1.41. The van der Waals surface area contributed by atoms with Gasteiger partial charge in [-0.1, -0.05) is 30.3 Å². The minimum absolute atomic E-state index is 0.00161. The highest BCUT2D eigenvalue weighted by Gasteiger charge is 2.48. The van der Waals surface area contributed by atoms with Gasteiger partial charge in [0.15, 0.2) is 5.25 Å². The fourth-order valence-electron chi connectivity index (χ4n) is 6.37. The number of hydroxylamine groups is 2. The van der Waals surface area contributed by atoms with Gasteiger partial charge in [0.1, 0.15) is 18.4 Å². The van der Waals surface area contributed by atoms with Crippen LogP contribution in [0.2, 0.25) is 0 Å². The van der Waals surface area contributed by atoms with Crippen LogP contribution in [-0.2, 0) is 60.2 Å². The number of likely N-dealkylation sites (N-methyl/N-ethyl adjacent to an activating group) is 1. The summed E-state index contributed by atoms with van der Waals surface area (Å²) in [5.74, 6) is -7.13. The number of aryl methyl sites for hydroxylation is 1. The number of ether oxygens (including phenoxy) is 1. The Morgan fingerprint density at radius 2 is 1.77 bits per heavy atom. The lowest BCUT2D eigenvalue weighted by Crippen LogP contribution is -2.46.